The summed E-state index contributed by atoms with van der Waals surface area (Å²) in [6.45, 7) is 2.52. The molecule has 4 heterocycles. The molecule has 4 aromatic carbocycles. The van der Waals surface area contributed by atoms with Crippen LogP contribution in [0, 0.1) is 11.6 Å². The van der Waals surface area contributed by atoms with Gasteiger partial charge >= 0.3 is 11.9 Å². The number of carboxylic acid groups (broad SMARTS) is 1. The number of nitrogens with one attached hydrogen (secondary N) is 3. The third-order valence-corrected chi connectivity index (χ3v) is 10.1. The fraction of sp³-hybridized carbons (Fsp3) is 0.191. The molecule has 6 N–H and O–H groups in total. The number of carboxylic acids is 1. The highest BCUT2D eigenvalue weighted by molar-refractivity contribution is 5.95. The van der Waals surface area contributed by atoms with Crippen molar-refractivity contribution < 1.29 is 52.8 Å². The molecule has 0 unspecified atom stereocenters. The lowest BCUT2D eigenvalue weighted by Crippen LogP contribution is -3.06. The van der Waals surface area contributed by atoms with Crippen molar-refractivity contribution in [1.29, 1.82) is 0 Å². The highest BCUT2D eigenvalue weighted by Gasteiger charge is 2.20. The fourth-order valence-corrected chi connectivity index (χ4v) is 6.66. The first-order chi connectivity index (χ1) is 31.2. The molecule has 0 bridgehead atoms. The zero-order chi connectivity index (χ0) is 46.4. The number of esters is 1. The van der Waals surface area contributed by atoms with Crippen molar-refractivity contribution in [2.24, 2.45) is 0 Å². The second kappa shape index (κ2) is 19.6. The van der Waals surface area contributed by atoms with Crippen LogP contribution in [-0.4, -0.2) is 124 Å². The summed E-state index contributed by atoms with van der Waals surface area (Å²) >= 11 is 0. The monoisotopic (exact) mass is 887 g/mol. The van der Waals surface area contributed by atoms with Gasteiger partial charge in [-0.3, -0.25) is 0 Å². The van der Waals surface area contributed by atoms with E-state index in [1.165, 1.54) is 30.2 Å². The van der Waals surface area contributed by atoms with Gasteiger partial charge in [0.2, 0.25) is 11.8 Å². The SMILES string of the molecule is COC(=O)c1cc2nc(-c3cc(-c4cccnc4OCCN(C)C)ccc3O)[nH]c2cc1F.C[NH+](C)CCOc1ncccc1-c1ccc(O)c(-c2nc3cc(C(=O)O)c(F)cc3[nH]2)c1. The number of rotatable bonds is 14. The minimum atomic E-state index is -1.38. The first-order valence-corrected chi connectivity index (χ1v) is 20.2. The van der Waals surface area contributed by atoms with Crippen molar-refractivity contribution >= 4 is 34.0 Å². The minimum absolute atomic E-state index is 0.00886. The van der Waals surface area contributed by atoms with Gasteiger partial charge in [0.25, 0.3) is 0 Å². The number of methoxy groups -OCH3 is 1. The molecule has 0 atom stereocenters. The standard InChI is InChI=1S/C24H23FN4O4.C23H21FN4O4/c1-29(2)9-10-33-23-15(5-4-8-26-23)14-6-7-21(30)17(11-14)22-27-19-12-16(24(31)32-3)18(25)13-20(19)28-22;1-28(2)8-9-32-22-14(4-3-7-25-22)13-5-6-20(29)16(10-13)21-26-18-11-15(23(30)31)17(24)12-19(18)27-21/h4-8,11-13,30H,9-10H2,1-3H3,(H,27,28);3-7,10-12,29H,8-9H2,1-2H3,(H,26,27)(H,30,31)/p+1. The highest BCUT2D eigenvalue weighted by atomic mass is 19.1. The number of hydrogen-bond acceptors (Lipinski definition) is 12. The Hall–Kier alpha value is -7.96. The lowest BCUT2D eigenvalue weighted by atomic mass is 10.0. The highest BCUT2D eigenvalue weighted by Crippen LogP contribution is 2.38. The summed E-state index contributed by atoms with van der Waals surface area (Å²) in [4.78, 5) is 49.7. The van der Waals surface area contributed by atoms with Crippen LogP contribution in [0.2, 0.25) is 0 Å². The number of likely N-dealkylation sites (N-methyl/N-ethyl adjacent to an activating group) is 2. The number of carbonyl (C=O) groups excluding carboxylic acids is 1. The van der Waals surface area contributed by atoms with E-state index in [9.17, 15) is 28.6 Å². The number of fused-ring (bicyclic) bond motifs is 2. The van der Waals surface area contributed by atoms with Crippen LogP contribution in [0.1, 0.15) is 20.7 Å². The number of hydrogen-bond donors (Lipinski definition) is 6. The van der Waals surface area contributed by atoms with Gasteiger partial charge in [-0.2, -0.15) is 0 Å². The van der Waals surface area contributed by atoms with E-state index in [1.807, 2.05) is 45.2 Å². The van der Waals surface area contributed by atoms with E-state index in [-0.39, 0.29) is 28.4 Å². The molecule has 18 heteroatoms. The number of H-pyrrole nitrogens is 2. The quantitative estimate of drug-likeness (QED) is 0.0670. The number of aromatic amines is 2. The number of phenols is 2. The van der Waals surface area contributed by atoms with E-state index in [0.29, 0.717) is 58.5 Å². The topological polar surface area (TPSA) is 213 Å². The Labute approximate surface area is 370 Å². The van der Waals surface area contributed by atoms with Crippen molar-refractivity contribution in [3.8, 4) is 68.3 Å². The summed E-state index contributed by atoms with van der Waals surface area (Å²) in [6.07, 6.45) is 3.30. The van der Waals surface area contributed by atoms with Gasteiger partial charge < -0.3 is 49.3 Å². The maximum absolute atomic E-state index is 14.3. The van der Waals surface area contributed by atoms with Crippen LogP contribution in [-0.2, 0) is 4.74 Å². The Morgan fingerprint density at radius 1 is 0.692 bits per heavy atom. The Morgan fingerprint density at radius 2 is 1.18 bits per heavy atom. The molecule has 16 nitrogen and oxygen atoms in total. The summed E-state index contributed by atoms with van der Waals surface area (Å²) < 4.78 is 44.7. The third-order valence-electron chi connectivity index (χ3n) is 10.1. The van der Waals surface area contributed by atoms with Gasteiger partial charge in [0.1, 0.15) is 54.5 Å². The smallest absolute Gasteiger partial charge is 0.340 e. The Balaban J connectivity index is 0.000000194. The summed E-state index contributed by atoms with van der Waals surface area (Å²) in [6, 6.07) is 22.1. The molecule has 0 fully saturated rings. The molecule has 0 aliphatic heterocycles. The molecular weight excluding hydrogens is 843 g/mol. The summed E-state index contributed by atoms with van der Waals surface area (Å²) in [5.41, 5.74) is 4.47. The van der Waals surface area contributed by atoms with Crippen molar-refractivity contribution in [3.63, 3.8) is 0 Å². The second-order valence-electron chi connectivity index (χ2n) is 15.3. The molecular formula is C47H45F2N8O8+. The van der Waals surface area contributed by atoms with Crippen LogP contribution < -0.4 is 14.4 Å². The summed E-state index contributed by atoms with van der Waals surface area (Å²) in [5.74, 6) is -2.24. The van der Waals surface area contributed by atoms with Crippen LogP contribution in [0.4, 0.5) is 8.78 Å². The summed E-state index contributed by atoms with van der Waals surface area (Å²) in [7, 11) is 9.17. The average Bonchev–Trinajstić information content (AvgIpc) is 3.89. The van der Waals surface area contributed by atoms with Gasteiger partial charge in [0.05, 0.1) is 65.5 Å². The van der Waals surface area contributed by atoms with Gasteiger partial charge in [0, 0.05) is 42.2 Å². The number of quaternary nitrogens is 1. The third kappa shape index (κ3) is 10.3. The normalized spacial score (nSPS) is 11.2. The predicted molar refractivity (Wildman–Crippen MR) is 238 cm³/mol. The average molecular weight is 888 g/mol. The number of benzene rings is 4. The number of nitrogens with zero attached hydrogens (tertiary/aromatic N) is 5. The number of ether oxygens (including phenoxy) is 3. The molecule has 0 spiro atoms. The zero-order valence-electron chi connectivity index (χ0n) is 35.9. The first-order valence-electron chi connectivity index (χ1n) is 20.2. The van der Waals surface area contributed by atoms with Crippen LogP contribution in [0.3, 0.4) is 0 Å². The second-order valence-corrected chi connectivity index (χ2v) is 15.3. The van der Waals surface area contributed by atoms with Crippen LogP contribution in [0.25, 0.3) is 67.1 Å². The number of phenolic OH excluding ortho intramolecular Hbond substituents is 2. The van der Waals surface area contributed by atoms with E-state index in [2.05, 4.69) is 34.6 Å². The molecule has 0 aliphatic rings. The number of imidazole rings is 2. The molecule has 65 heavy (non-hydrogen) atoms. The van der Waals surface area contributed by atoms with Gasteiger partial charge in [-0.05, 0) is 85.9 Å². The van der Waals surface area contributed by atoms with E-state index < -0.39 is 29.1 Å². The first kappa shape index (κ1) is 45.1. The van der Waals surface area contributed by atoms with Crippen LogP contribution >= 0.6 is 0 Å². The van der Waals surface area contributed by atoms with Crippen molar-refractivity contribution in [3.05, 3.63) is 120 Å². The maximum atomic E-state index is 14.3. The lowest BCUT2D eigenvalue weighted by molar-refractivity contribution is -0.858. The molecule has 8 aromatic rings. The van der Waals surface area contributed by atoms with Gasteiger partial charge in [-0.25, -0.2) is 38.3 Å². The lowest BCUT2D eigenvalue weighted by Gasteiger charge is -2.13. The van der Waals surface area contributed by atoms with Crippen molar-refractivity contribution in [1.82, 2.24) is 34.8 Å². The molecule has 0 radical (unpaired) electrons. The van der Waals surface area contributed by atoms with E-state index >= 15 is 0 Å². The Bertz CT molecular complexity index is 3030. The molecule has 0 saturated heterocycles. The van der Waals surface area contributed by atoms with E-state index in [0.717, 1.165) is 47.5 Å². The molecule has 0 amide bonds. The van der Waals surface area contributed by atoms with Crippen LogP contribution in [0.15, 0.2) is 97.3 Å². The number of aromatic hydroxyl groups is 2. The molecule has 0 saturated carbocycles. The van der Waals surface area contributed by atoms with Gasteiger partial charge in [-0.1, -0.05) is 12.1 Å². The van der Waals surface area contributed by atoms with Crippen molar-refractivity contribution in [2.45, 2.75) is 0 Å². The van der Waals surface area contributed by atoms with Crippen molar-refractivity contribution in [2.75, 3.05) is 61.6 Å². The molecule has 8 rings (SSSR count). The van der Waals surface area contributed by atoms with Gasteiger partial charge in [-0.15, -0.1) is 0 Å². The number of carbonyl (C=O) groups is 2. The molecule has 0 aliphatic carbocycles. The number of aromatic nitrogens is 6. The number of aromatic carboxylic acids is 1. The van der Waals surface area contributed by atoms with E-state index in [4.69, 9.17) is 14.6 Å². The Kier molecular flexibility index (Phi) is 13.6. The van der Waals surface area contributed by atoms with Crippen LogP contribution in [0.5, 0.6) is 23.3 Å². The number of pyridine rings is 2. The Morgan fingerprint density at radius 3 is 1.66 bits per heavy atom. The van der Waals surface area contributed by atoms with E-state index in [1.54, 1.807) is 54.9 Å². The molecule has 334 valence electrons. The maximum Gasteiger partial charge on any atom is 0.340 e. The largest absolute Gasteiger partial charge is 0.507 e. The zero-order valence-corrected chi connectivity index (χ0v) is 35.9. The number of halogens is 2. The minimum Gasteiger partial charge on any atom is -0.507 e. The summed E-state index contributed by atoms with van der Waals surface area (Å²) in [5, 5.41) is 30.1. The van der Waals surface area contributed by atoms with Gasteiger partial charge in [0.15, 0.2) is 0 Å². The predicted octanol–water partition coefficient (Wildman–Crippen LogP) is 6.22. The fourth-order valence-electron chi connectivity index (χ4n) is 6.66. The molecule has 4 aromatic heterocycles.